The highest BCUT2D eigenvalue weighted by atomic mass is 16.6. The topological polar surface area (TPSA) is 44.8 Å². The van der Waals surface area contributed by atoms with E-state index in [-0.39, 0.29) is 12.1 Å². The van der Waals surface area contributed by atoms with Crippen LogP contribution in [-0.4, -0.2) is 31.9 Å². The van der Waals surface area contributed by atoms with Gasteiger partial charge >= 0.3 is 5.97 Å². The summed E-state index contributed by atoms with van der Waals surface area (Å²) in [6.45, 7) is 6.61. The predicted molar refractivity (Wildman–Crippen MR) is 216 cm³/mol. The maximum atomic E-state index is 12.7. The van der Waals surface area contributed by atoms with Gasteiger partial charge in [-0.05, 0) is 18.4 Å². The highest BCUT2D eigenvalue weighted by molar-refractivity contribution is 5.69. The van der Waals surface area contributed by atoms with Gasteiger partial charge in [-0.2, -0.15) is 0 Å². The van der Waals surface area contributed by atoms with Crippen LogP contribution < -0.4 is 0 Å². The van der Waals surface area contributed by atoms with Gasteiger partial charge in [-0.15, -0.1) is 0 Å². The molecule has 0 aliphatic heterocycles. The summed E-state index contributed by atoms with van der Waals surface area (Å²) in [6.07, 6.45) is 41.9. The lowest BCUT2D eigenvalue weighted by Gasteiger charge is -2.18. The van der Waals surface area contributed by atoms with Crippen LogP contribution in [0.25, 0.3) is 0 Å². The molecule has 0 unspecified atom stereocenters. The van der Waals surface area contributed by atoms with E-state index < -0.39 is 0 Å². The van der Waals surface area contributed by atoms with E-state index in [0.29, 0.717) is 26.2 Å². The van der Waals surface area contributed by atoms with E-state index in [4.69, 9.17) is 14.2 Å². The van der Waals surface area contributed by atoms with E-state index in [0.717, 1.165) is 31.4 Å². The normalized spacial score (nSPS) is 12.0. The second-order valence-electron chi connectivity index (χ2n) is 15.2. The molecule has 50 heavy (non-hydrogen) atoms. The second kappa shape index (κ2) is 38.8. The van der Waals surface area contributed by atoms with Crippen molar-refractivity contribution in [3.63, 3.8) is 0 Å². The van der Waals surface area contributed by atoms with Gasteiger partial charge in [0.15, 0.2) is 0 Å². The second-order valence-corrected chi connectivity index (χ2v) is 15.2. The Hall–Kier alpha value is -1.39. The van der Waals surface area contributed by atoms with Crippen LogP contribution in [0.1, 0.15) is 225 Å². The number of hydrogen-bond donors (Lipinski definition) is 0. The van der Waals surface area contributed by atoms with Crippen molar-refractivity contribution >= 4 is 5.97 Å². The summed E-state index contributed by atoms with van der Waals surface area (Å²) in [4.78, 5) is 12.7. The Morgan fingerprint density at radius 2 is 0.820 bits per heavy atom. The highest BCUT2D eigenvalue weighted by Crippen LogP contribution is 2.16. The Morgan fingerprint density at radius 3 is 1.24 bits per heavy atom. The first-order chi connectivity index (χ1) is 24.8. The van der Waals surface area contributed by atoms with E-state index in [1.807, 2.05) is 18.2 Å². The van der Waals surface area contributed by atoms with Gasteiger partial charge in [0, 0.05) is 13.0 Å². The molecule has 0 saturated carbocycles. The molecule has 0 fully saturated rings. The molecule has 0 spiro atoms. The Labute approximate surface area is 312 Å². The third-order valence-electron chi connectivity index (χ3n) is 10.1. The zero-order valence-electron chi connectivity index (χ0n) is 33.6. The molecule has 0 radical (unpaired) electrons. The molecule has 0 bridgehead atoms. The molecule has 0 amide bonds. The summed E-state index contributed by atoms with van der Waals surface area (Å²) in [5.41, 5.74) is 1.13. The first-order valence-electron chi connectivity index (χ1n) is 22.1. The van der Waals surface area contributed by atoms with Crippen molar-refractivity contribution in [3.05, 3.63) is 35.9 Å². The van der Waals surface area contributed by atoms with Gasteiger partial charge in [0.05, 0.1) is 19.8 Å². The number of carbonyl (C=O) groups excluding carboxylic acids is 1. The van der Waals surface area contributed by atoms with Crippen molar-refractivity contribution in [1.82, 2.24) is 0 Å². The van der Waals surface area contributed by atoms with Crippen LogP contribution in [0.3, 0.4) is 0 Å². The summed E-state index contributed by atoms with van der Waals surface area (Å²) in [5, 5.41) is 0. The number of carbonyl (C=O) groups is 1. The van der Waals surface area contributed by atoms with E-state index in [1.165, 1.54) is 180 Å². The minimum absolute atomic E-state index is 0.112. The fourth-order valence-electron chi connectivity index (χ4n) is 6.85. The molecule has 0 aromatic heterocycles. The monoisotopic (exact) mass is 701 g/mol. The maximum absolute atomic E-state index is 12.7. The third-order valence-corrected chi connectivity index (χ3v) is 10.1. The van der Waals surface area contributed by atoms with Gasteiger partial charge < -0.3 is 14.2 Å². The highest BCUT2D eigenvalue weighted by Gasteiger charge is 2.15. The Bertz CT molecular complexity index is 797. The summed E-state index contributed by atoms with van der Waals surface area (Å²) in [7, 11) is 0. The van der Waals surface area contributed by atoms with Crippen molar-refractivity contribution < 1.29 is 19.0 Å². The lowest BCUT2D eigenvalue weighted by atomic mass is 10.0. The summed E-state index contributed by atoms with van der Waals surface area (Å²) in [5.74, 6) is -0.112. The summed E-state index contributed by atoms with van der Waals surface area (Å²) >= 11 is 0. The summed E-state index contributed by atoms with van der Waals surface area (Å²) in [6, 6.07) is 10.2. The van der Waals surface area contributed by atoms with Crippen LogP contribution in [-0.2, 0) is 25.6 Å². The lowest BCUT2D eigenvalue weighted by molar-refractivity contribution is -0.156. The van der Waals surface area contributed by atoms with Gasteiger partial charge in [-0.1, -0.05) is 230 Å². The molecule has 4 nitrogen and oxygen atoms in total. The molecule has 292 valence electrons. The van der Waals surface area contributed by atoms with Crippen molar-refractivity contribution in [2.45, 2.75) is 232 Å². The van der Waals surface area contributed by atoms with E-state index in [2.05, 4.69) is 26.0 Å². The van der Waals surface area contributed by atoms with Gasteiger partial charge in [0.2, 0.25) is 0 Å². The molecule has 4 heteroatoms. The van der Waals surface area contributed by atoms with Crippen LogP contribution in [0.5, 0.6) is 0 Å². The zero-order chi connectivity index (χ0) is 35.8. The molecule has 1 aromatic rings. The molecule has 1 atom stereocenters. The maximum Gasteiger partial charge on any atom is 0.306 e. The number of unbranched alkanes of at least 4 members (excludes halogenated alkanes) is 29. The molecular formula is C46H84O4. The Kier molecular flexibility index (Phi) is 36.2. The Balaban J connectivity index is 2.06. The van der Waals surface area contributed by atoms with E-state index in [1.54, 1.807) is 0 Å². The average Bonchev–Trinajstić information content (AvgIpc) is 3.13. The van der Waals surface area contributed by atoms with Gasteiger partial charge in [0.1, 0.15) is 6.10 Å². The quantitative estimate of drug-likeness (QED) is 0.0505. The molecule has 1 aromatic carbocycles. The molecule has 0 N–H and O–H groups in total. The molecule has 0 heterocycles. The molecule has 0 aliphatic carbocycles. The number of benzene rings is 1. The van der Waals surface area contributed by atoms with Gasteiger partial charge in [-0.25, -0.2) is 0 Å². The number of rotatable bonds is 40. The largest absolute Gasteiger partial charge is 0.457 e. The van der Waals surface area contributed by atoms with E-state index in [9.17, 15) is 4.79 Å². The van der Waals surface area contributed by atoms with Crippen LogP contribution in [0.4, 0.5) is 0 Å². The van der Waals surface area contributed by atoms with Crippen LogP contribution in [0, 0.1) is 0 Å². The van der Waals surface area contributed by atoms with Gasteiger partial charge in [-0.3, -0.25) is 4.79 Å². The van der Waals surface area contributed by atoms with Crippen LogP contribution in [0.2, 0.25) is 0 Å². The lowest BCUT2D eigenvalue weighted by Crippen LogP contribution is -2.28. The molecule has 1 rings (SSSR count). The predicted octanol–water partition coefficient (Wildman–Crippen LogP) is 14.7. The Morgan fingerprint density at radius 1 is 0.460 bits per heavy atom. The number of esters is 1. The standard InChI is InChI=1S/C46H84O4/c1-3-5-7-9-11-13-15-17-19-21-23-25-27-29-31-36-40-48-42-45(43-49-41-44-37-33-32-34-38-44)50-46(47)39-35-30-28-26-24-22-20-18-16-14-12-10-8-6-4-2/h32-34,37-38,45H,3-31,35-36,39-43H2,1-2H3/t45-/m0/s1. The fourth-order valence-corrected chi connectivity index (χ4v) is 6.85. The number of ether oxygens (including phenoxy) is 3. The average molecular weight is 701 g/mol. The smallest absolute Gasteiger partial charge is 0.306 e. The van der Waals surface area contributed by atoms with E-state index >= 15 is 0 Å². The number of hydrogen-bond acceptors (Lipinski definition) is 4. The van der Waals surface area contributed by atoms with Crippen molar-refractivity contribution in [1.29, 1.82) is 0 Å². The minimum Gasteiger partial charge on any atom is -0.457 e. The minimum atomic E-state index is -0.344. The van der Waals surface area contributed by atoms with Crippen LogP contribution >= 0.6 is 0 Å². The third kappa shape index (κ3) is 33.7. The first-order valence-corrected chi connectivity index (χ1v) is 22.1. The van der Waals surface area contributed by atoms with Crippen molar-refractivity contribution in [2.24, 2.45) is 0 Å². The van der Waals surface area contributed by atoms with Crippen molar-refractivity contribution in [2.75, 3.05) is 19.8 Å². The molecular weight excluding hydrogens is 617 g/mol. The van der Waals surface area contributed by atoms with Gasteiger partial charge in [0.25, 0.3) is 0 Å². The summed E-state index contributed by atoms with van der Waals surface area (Å²) < 4.78 is 17.8. The fraction of sp³-hybridized carbons (Fsp3) is 0.848. The molecule has 0 aliphatic rings. The van der Waals surface area contributed by atoms with Crippen molar-refractivity contribution in [3.8, 4) is 0 Å². The molecule has 0 saturated heterocycles. The van der Waals surface area contributed by atoms with Crippen LogP contribution in [0.15, 0.2) is 30.3 Å². The SMILES string of the molecule is CCCCCCCCCCCCCCCCCCOC[C@@H](COCc1ccccc1)OC(=O)CCCCCCCCCCCCCCCCC. The zero-order valence-corrected chi connectivity index (χ0v) is 33.6. The first kappa shape index (κ1) is 46.6.